The first-order valence-corrected chi connectivity index (χ1v) is 7.79. The Balaban J connectivity index is 1.54. The number of aromatic nitrogens is 5. The van der Waals surface area contributed by atoms with Crippen LogP contribution < -0.4 is 0 Å². The highest BCUT2D eigenvalue weighted by molar-refractivity contribution is 6.30. The molecule has 1 aliphatic rings. The van der Waals surface area contributed by atoms with Crippen LogP contribution in [0.25, 0.3) is 0 Å². The molecule has 124 valence electrons. The van der Waals surface area contributed by atoms with Crippen molar-refractivity contribution in [2.75, 3.05) is 26.2 Å². The Labute approximate surface area is 143 Å². The van der Waals surface area contributed by atoms with Crippen molar-refractivity contribution in [3.05, 3.63) is 34.9 Å². The van der Waals surface area contributed by atoms with E-state index in [-0.39, 0.29) is 12.5 Å². The molecule has 0 saturated carbocycles. The van der Waals surface area contributed by atoms with Crippen molar-refractivity contribution in [1.82, 2.24) is 35.0 Å². The Morgan fingerprint density at radius 3 is 2.79 bits per heavy atom. The molecule has 0 atom stereocenters. The average Bonchev–Trinajstić information content (AvgIpc) is 3.10. The summed E-state index contributed by atoms with van der Waals surface area (Å²) in [4.78, 5) is 20.2. The third-order valence-electron chi connectivity index (χ3n) is 3.85. The van der Waals surface area contributed by atoms with Crippen molar-refractivity contribution in [1.29, 1.82) is 5.26 Å². The molecule has 0 aliphatic carbocycles. The van der Waals surface area contributed by atoms with Crippen LogP contribution in [0.4, 0.5) is 0 Å². The molecule has 9 nitrogen and oxygen atoms in total. The summed E-state index contributed by atoms with van der Waals surface area (Å²) in [6.45, 7) is 3.47. The lowest BCUT2D eigenvalue weighted by atomic mass is 10.2. The van der Waals surface area contributed by atoms with E-state index in [1.54, 1.807) is 11.0 Å². The Hall–Kier alpha value is -2.57. The number of hydrogen-bond donors (Lipinski definition) is 0. The van der Waals surface area contributed by atoms with Gasteiger partial charge in [-0.15, -0.1) is 5.10 Å². The quantitative estimate of drug-likeness (QED) is 0.714. The number of carbonyl (C=O) groups excluding carboxylic acids is 1. The van der Waals surface area contributed by atoms with E-state index >= 15 is 0 Å². The Morgan fingerprint density at radius 1 is 1.33 bits per heavy atom. The first kappa shape index (κ1) is 16.3. The van der Waals surface area contributed by atoms with Crippen molar-refractivity contribution in [3.63, 3.8) is 0 Å². The van der Waals surface area contributed by atoms with Crippen LogP contribution in [0.2, 0.25) is 5.15 Å². The van der Waals surface area contributed by atoms with Gasteiger partial charge in [0.15, 0.2) is 0 Å². The van der Waals surface area contributed by atoms with Crippen molar-refractivity contribution in [2.24, 2.45) is 0 Å². The van der Waals surface area contributed by atoms with Gasteiger partial charge in [-0.25, -0.2) is 9.67 Å². The Morgan fingerprint density at radius 2 is 2.12 bits per heavy atom. The highest BCUT2D eigenvalue weighted by atomic mass is 35.5. The van der Waals surface area contributed by atoms with Crippen LogP contribution in [-0.2, 0) is 17.9 Å². The molecule has 3 heterocycles. The number of tetrazole rings is 1. The number of rotatable bonds is 4. The summed E-state index contributed by atoms with van der Waals surface area (Å²) < 4.78 is 1.41. The van der Waals surface area contributed by atoms with Gasteiger partial charge < -0.3 is 4.90 Å². The molecule has 1 fully saturated rings. The fourth-order valence-electron chi connectivity index (χ4n) is 2.55. The van der Waals surface area contributed by atoms with E-state index < -0.39 is 0 Å². The molecule has 0 unspecified atom stereocenters. The lowest BCUT2D eigenvalue weighted by Gasteiger charge is -2.34. The first-order chi connectivity index (χ1) is 11.7. The van der Waals surface area contributed by atoms with Crippen LogP contribution in [-0.4, -0.2) is 67.1 Å². The molecule has 24 heavy (non-hydrogen) atoms. The number of pyridine rings is 1. The SMILES string of the molecule is N#Cc1cnc(Cl)c(CN2CCN(C(=O)Cn3cnnn3)CC2)c1. The molecule has 0 aromatic carbocycles. The third-order valence-corrected chi connectivity index (χ3v) is 4.19. The molecule has 3 rings (SSSR count). The number of nitriles is 1. The van der Waals surface area contributed by atoms with E-state index in [4.69, 9.17) is 16.9 Å². The van der Waals surface area contributed by atoms with Crippen molar-refractivity contribution < 1.29 is 4.79 Å². The maximum atomic E-state index is 12.2. The van der Waals surface area contributed by atoms with Gasteiger partial charge in [-0.05, 0) is 16.5 Å². The summed E-state index contributed by atoms with van der Waals surface area (Å²) in [5, 5.41) is 20.1. The Kier molecular flexibility index (Phi) is 4.98. The molecule has 0 N–H and O–H groups in total. The van der Waals surface area contributed by atoms with Gasteiger partial charge >= 0.3 is 0 Å². The number of nitrogens with zero attached hydrogens (tertiary/aromatic N) is 8. The van der Waals surface area contributed by atoms with Gasteiger partial charge in [0.2, 0.25) is 5.91 Å². The minimum absolute atomic E-state index is 0.00636. The highest BCUT2D eigenvalue weighted by Crippen LogP contribution is 2.17. The monoisotopic (exact) mass is 346 g/mol. The molecule has 2 aromatic heterocycles. The van der Waals surface area contributed by atoms with Crippen molar-refractivity contribution in [2.45, 2.75) is 13.1 Å². The molecular weight excluding hydrogens is 332 g/mol. The maximum Gasteiger partial charge on any atom is 0.244 e. The van der Waals surface area contributed by atoms with Crippen molar-refractivity contribution in [3.8, 4) is 6.07 Å². The number of piperazine rings is 1. The second-order valence-electron chi connectivity index (χ2n) is 5.45. The summed E-state index contributed by atoms with van der Waals surface area (Å²) in [5.41, 5.74) is 1.31. The second-order valence-corrected chi connectivity index (χ2v) is 5.81. The van der Waals surface area contributed by atoms with E-state index in [0.29, 0.717) is 30.4 Å². The second kappa shape index (κ2) is 7.33. The topological polar surface area (TPSA) is 104 Å². The van der Waals surface area contributed by atoms with Gasteiger partial charge in [0.1, 0.15) is 24.1 Å². The molecule has 0 spiro atoms. The zero-order valence-electron chi connectivity index (χ0n) is 12.8. The zero-order chi connectivity index (χ0) is 16.9. The van der Waals surface area contributed by atoms with Gasteiger partial charge in [0.05, 0.1) is 5.56 Å². The van der Waals surface area contributed by atoms with E-state index in [2.05, 4.69) is 31.5 Å². The van der Waals surface area contributed by atoms with Crippen LogP contribution in [0.5, 0.6) is 0 Å². The minimum atomic E-state index is -0.00636. The number of hydrogen-bond acceptors (Lipinski definition) is 7. The van der Waals surface area contributed by atoms with Crippen LogP contribution in [0.3, 0.4) is 0 Å². The highest BCUT2D eigenvalue weighted by Gasteiger charge is 2.22. The van der Waals surface area contributed by atoms with E-state index in [1.165, 1.54) is 17.2 Å². The number of carbonyl (C=O) groups is 1. The summed E-state index contributed by atoms with van der Waals surface area (Å²) in [6, 6.07) is 3.82. The molecule has 1 saturated heterocycles. The summed E-state index contributed by atoms with van der Waals surface area (Å²) in [6.07, 6.45) is 2.88. The zero-order valence-corrected chi connectivity index (χ0v) is 13.6. The van der Waals surface area contributed by atoms with Gasteiger partial charge in [0, 0.05) is 44.5 Å². The lowest BCUT2D eigenvalue weighted by molar-refractivity contribution is -0.133. The number of halogens is 1. The maximum absolute atomic E-state index is 12.2. The summed E-state index contributed by atoms with van der Waals surface area (Å²) >= 11 is 6.10. The van der Waals surface area contributed by atoms with Gasteiger partial charge in [0.25, 0.3) is 0 Å². The first-order valence-electron chi connectivity index (χ1n) is 7.41. The normalized spacial score (nSPS) is 15.2. The van der Waals surface area contributed by atoms with Crippen molar-refractivity contribution >= 4 is 17.5 Å². The van der Waals surface area contributed by atoms with Gasteiger partial charge in [-0.3, -0.25) is 9.69 Å². The number of amides is 1. The summed E-state index contributed by atoms with van der Waals surface area (Å²) in [5.74, 6) is -0.00636. The predicted octanol–water partition coefficient (Wildman–Crippen LogP) is -0.0624. The fraction of sp³-hybridized carbons (Fsp3) is 0.429. The molecule has 1 aliphatic heterocycles. The van der Waals surface area contributed by atoms with Gasteiger partial charge in [-0.2, -0.15) is 5.26 Å². The largest absolute Gasteiger partial charge is 0.339 e. The molecule has 0 bridgehead atoms. The van der Waals surface area contributed by atoms with Gasteiger partial charge in [-0.1, -0.05) is 11.6 Å². The van der Waals surface area contributed by atoms with Crippen LogP contribution in [0.1, 0.15) is 11.1 Å². The molecular formula is C14H15ClN8O. The Bertz CT molecular complexity index is 749. The third kappa shape index (κ3) is 3.84. The molecule has 0 radical (unpaired) electrons. The summed E-state index contributed by atoms with van der Waals surface area (Å²) in [7, 11) is 0. The van der Waals surface area contributed by atoms with Crippen LogP contribution in [0, 0.1) is 11.3 Å². The average molecular weight is 347 g/mol. The molecule has 10 heteroatoms. The lowest BCUT2D eigenvalue weighted by Crippen LogP contribution is -2.49. The fourth-order valence-corrected chi connectivity index (χ4v) is 2.72. The van der Waals surface area contributed by atoms with E-state index in [0.717, 1.165) is 18.7 Å². The van der Waals surface area contributed by atoms with Crippen LogP contribution in [0.15, 0.2) is 18.6 Å². The van der Waals surface area contributed by atoms with Crippen LogP contribution >= 0.6 is 11.6 Å². The van der Waals surface area contributed by atoms with E-state index in [9.17, 15) is 4.79 Å². The predicted molar refractivity (Wildman–Crippen MR) is 83.6 cm³/mol. The molecule has 2 aromatic rings. The standard InChI is InChI=1S/C14H15ClN8O/c15-14-12(5-11(6-16)7-17-14)8-21-1-3-22(4-2-21)13(24)9-23-10-18-19-20-23/h5,7,10H,1-4,8-9H2. The van der Waals surface area contributed by atoms with E-state index in [1.807, 2.05) is 0 Å². The molecule has 1 amide bonds. The smallest absolute Gasteiger partial charge is 0.244 e. The minimum Gasteiger partial charge on any atom is -0.339 e.